The van der Waals surface area contributed by atoms with Crippen molar-refractivity contribution >= 4 is 30.3 Å². The van der Waals surface area contributed by atoms with Gasteiger partial charge in [-0.2, -0.15) is 0 Å². The average Bonchev–Trinajstić information content (AvgIpc) is 2.02. The summed E-state index contributed by atoms with van der Waals surface area (Å²) >= 11 is 2.32. The van der Waals surface area contributed by atoms with Gasteiger partial charge in [-0.25, -0.2) is 0 Å². The Labute approximate surface area is 84.8 Å². The molecule has 63 valence electrons. The van der Waals surface area contributed by atoms with Crippen LogP contribution >= 0.6 is 22.6 Å². The van der Waals surface area contributed by atoms with Crippen LogP contribution in [0, 0.1) is 3.57 Å². The second-order valence-corrected chi connectivity index (χ2v) is 3.31. The minimum Gasteiger partial charge on any atom is -0.496 e. The van der Waals surface area contributed by atoms with E-state index in [2.05, 4.69) is 34.7 Å². The summed E-state index contributed by atoms with van der Waals surface area (Å²) in [4.78, 5) is 0. The molecule has 0 amide bonds. The number of hydrogen-bond acceptors (Lipinski definition) is 3. The van der Waals surface area contributed by atoms with Gasteiger partial charge in [-0.05, 0) is 34.7 Å². The SMILES string of the molecule is COc1cc2c(I)cc1-2.O[B]O. The van der Waals surface area contributed by atoms with E-state index >= 15 is 0 Å². The Bertz CT molecular complexity index is 290. The molecule has 0 saturated carbocycles. The molecule has 0 heterocycles. The molecule has 0 saturated heterocycles. The predicted molar refractivity (Wildman–Crippen MR) is 54.9 cm³/mol. The molecule has 0 atom stereocenters. The number of ether oxygens (including phenoxy) is 1. The molecule has 2 N–H and O–H groups in total. The largest absolute Gasteiger partial charge is 0.496 e. The first-order valence-electron chi connectivity index (χ1n) is 3.22. The van der Waals surface area contributed by atoms with Gasteiger partial charge in [0.1, 0.15) is 5.75 Å². The summed E-state index contributed by atoms with van der Waals surface area (Å²) in [5.41, 5.74) is 2.66. The molecule has 2 aliphatic rings. The summed E-state index contributed by atoms with van der Waals surface area (Å²) in [6.07, 6.45) is 0. The van der Waals surface area contributed by atoms with Gasteiger partial charge >= 0.3 is 7.69 Å². The zero-order valence-corrected chi connectivity index (χ0v) is 8.57. The van der Waals surface area contributed by atoms with Crippen molar-refractivity contribution in [2.24, 2.45) is 0 Å². The first kappa shape index (κ1) is 9.82. The van der Waals surface area contributed by atoms with Crippen molar-refractivity contribution in [2.75, 3.05) is 7.11 Å². The standard InChI is InChI=1S/C7H5IO.BH2O2/c1-9-7-3-4-5(7)2-6(4)8;2-1-3/h2-3H,1H3;2-3H. The molecule has 0 aromatic rings. The van der Waals surface area contributed by atoms with Crippen molar-refractivity contribution in [3.05, 3.63) is 15.7 Å². The van der Waals surface area contributed by atoms with Crippen molar-refractivity contribution in [2.45, 2.75) is 0 Å². The normalized spacial score (nSPS) is 9.67. The lowest BCUT2D eigenvalue weighted by Crippen LogP contribution is -2.00. The molecule has 1 radical (unpaired) electrons. The van der Waals surface area contributed by atoms with E-state index in [1.54, 1.807) is 7.11 Å². The summed E-state index contributed by atoms with van der Waals surface area (Å²) < 4.78 is 6.37. The van der Waals surface area contributed by atoms with Crippen molar-refractivity contribution < 1.29 is 14.8 Å². The zero-order valence-electron chi connectivity index (χ0n) is 6.41. The van der Waals surface area contributed by atoms with Crippen molar-refractivity contribution in [3.8, 4) is 16.9 Å². The summed E-state index contributed by atoms with van der Waals surface area (Å²) in [5.74, 6) is 1.03. The fourth-order valence-corrected chi connectivity index (χ4v) is 1.74. The average molecular weight is 277 g/mol. The van der Waals surface area contributed by atoms with Crippen LogP contribution in [0.5, 0.6) is 5.75 Å². The van der Waals surface area contributed by atoms with Crippen LogP contribution in [0.3, 0.4) is 0 Å². The van der Waals surface area contributed by atoms with Crippen LogP contribution < -0.4 is 4.74 Å². The van der Waals surface area contributed by atoms with Crippen molar-refractivity contribution in [1.29, 1.82) is 0 Å². The van der Waals surface area contributed by atoms with E-state index in [-0.39, 0.29) is 7.69 Å². The molecule has 0 aliphatic heterocycles. The zero-order chi connectivity index (χ0) is 9.14. The molecule has 0 unspecified atom stereocenters. The quantitative estimate of drug-likeness (QED) is 0.598. The van der Waals surface area contributed by atoms with Crippen LogP contribution in [0.2, 0.25) is 0 Å². The van der Waals surface area contributed by atoms with Gasteiger partial charge in [-0.1, -0.05) is 0 Å². The van der Waals surface area contributed by atoms with Gasteiger partial charge in [0.15, 0.2) is 0 Å². The molecule has 0 fully saturated rings. The predicted octanol–water partition coefficient (Wildman–Crippen LogP) is 0.785. The molecule has 0 aromatic carbocycles. The lowest BCUT2D eigenvalue weighted by atomic mass is 9.92. The van der Waals surface area contributed by atoms with Crippen LogP contribution in [0.25, 0.3) is 11.1 Å². The first-order valence-corrected chi connectivity index (χ1v) is 4.30. The maximum Gasteiger partial charge on any atom is 0.482 e. The number of hydrogen-bond donors (Lipinski definition) is 2. The van der Waals surface area contributed by atoms with Gasteiger partial charge in [-0.15, -0.1) is 0 Å². The minimum atomic E-state index is 0. The maximum absolute atomic E-state index is 7.00. The van der Waals surface area contributed by atoms with Crippen LogP contribution in [0.1, 0.15) is 0 Å². The third-order valence-electron chi connectivity index (χ3n) is 1.58. The Balaban J connectivity index is 0.000000213. The monoisotopic (exact) mass is 277 g/mol. The second-order valence-electron chi connectivity index (χ2n) is 2.15. The van der Waals surface area contributed by atoms with Gasteiger partial charge in [0.05, 0.1) is 7.11 Å². The van der Waals surface area contributed by atoms with E-state index in [1.165, 1.54) is 14.7 Å². The maximum atomic E-state index is 7.00. The summed E-state index contributed by atoms with van der Waals surface area (Å²) in [5, 5.41) is 14.0. The number of methoxy groups -OCH3 is 1. The van der Waals surface area contributed by atoms with Gasteiger partial charge in [0, 0.05) is 14.7 Å². The lowest BCUT2D eigenvalue weighted by molar-refractivity contribution is 0.412. The highest BCUT2D eigenvalue weighted by atomic mass is 127. The van der Waals surface area contributed by atoms with E-state index in [0.717, 1.165) is 5.75 Å². The van der Waals surface area contributed by atoms with Gasteiger partial charge in [-0.3, -0.25) is 0 Å². The number of benzene rings is 1. The van der Waals surface area contributed by atoms with E-state index in [4.69, 9.17) is 14.8 Å². The molecule has 0 aromatic heterocycles. The van der Waals surface area contributed by atoms with Crippen LogP contribution in [0.4, 0.5) is 0 Å². The first-order chi connectivity index (χ1) is 5.74. The molecule has 2 aliphatic carbocycles. The lowest BCUT2D eigenvalue weighted by Gasteiger charge is -2.21. The van der Waals surface area contributed by atoms with Crippen molar-refractivity contribution in [1.82, 2.24) is 0 Å². The van der Waals surface area contributed by atoms with E-state index in [9.17, 15) is 0 Å². The molecule has 0 spiro atoms. The molecule has 3 nitrogen and oxygen atoms in total. The number of fused-ring (bicyclic) bond motifs is 1. The fourth-order valence-electron chi connectivity index (χ4n) is 0.984. The van der Waals surface area contributed by atoms with E-state index in [0.29, 0.717) is 0 Å². The third kappa shape index (κ3) is 1.57. The summed E-state index contributed by atoms with van der Waals surface area (Å²) in [6.45, 7) is 0. The molecule has 5 heteroatoms. The Hall–Kier alpha value is -0.265. The van der Waals surface area contributed by atoms with Crippen LogP contribution in [-0.2, 0) is 0 Å². The van der Waals surface area contributed by atoms with Crippen molar-refractivity contribution in [3.63, 3.8) is 0 Å². The Kier molecular flexibility index (Phi) is 3.36. The fraction of sp³-hybridized carbons (Fsp3) is 0.143. The topological polar surface area (TPSA) is 49.7 Å². The highest BCUT2D eigenvalue weighted by molar-refractivity contribution is 14.1. The molecule has 12 heavy (non-hydrogen) atoms. The Morgan fingerprint density at radius 3 is 2.17 bits per heavy atom. The van der Waals surface area contributed by atoms with E-state index < -0.39 is 0 Å². The van der Waals surface area contributed by atoms with Gasteiger partial charge < -0.3 is 14.8 Å². The van der Waals surface area contributed by atoms with Crippen LogP contribution in [-0.4, -0.2) is 24.8 Å². The smallest absolute Gasteiger partial charge is 0.482 e. The van der Waals surface area contributed by atoms with Gasteiger partial charge in [0.25, 0.3) is 0 Å². The molecular formula is C7H7BIO3. The third-order valence-corrected chi connectivity index (χ3v) is 2.47. The number of rotatable bonds is 1. The minimum absolute atomic E-state index is 0. The summed E-state index contributed by atoms with van der Waals surface area (Å²) in [7, 11) is 1.70. The molecule has 0 bridgehead atoms. The second kappa shape index (κ2) is 4.11. The number of halogens is 1. The highest BCUT2D eigenvalue weighted by Gasteiger charge is 2.21. The van der Waals surface area contributed by atoms with E-state index in [1.807, 2.05) is 0 Å². The Morgan fingerprint density at radius 2 is 1.92 bits per heavy atom. The summed E-state index contributed by atoms with van der Waals surface area (Å²) in [6, 6.07) is 4.20. The highest BCUT2D eigenvalue weighted by Crippen LogP contribution is 2.46. The molecule has 2 rings (SSSR count). The Morgan fingerprint density at radius 1 is 1.33 bits per heavy atom. The van der Waals surface area contributed by atoms with Crippen LogP contribution in [0.15, 0.2) is 12.1 Å². The molecular weight excluding hydrogens is 270 g/mol. The van der Waals surface area contributed by atoms with Gasteiger partial charge in [0.2, 0.25) is 0 Å².